The van der Waals surface area contributed by atoms with Crippen molar-refractivity contribution in [1.29, 1.82) is 0 Å². The van der Waals surface area contributed by atoms with Crippen LogP contribution in [-0.4, -0.2) is 16.3 Å². The first kappa shape index (κ1) is 19.1. The molecule has 1 atom stereocenters. The fourth-order valence-corrected chi connectivity index (χ4v) is 3.56. The summed E-state index contributed by atoms with van der Waals surface area (Å²) in [5.41, 5.74) is 0. The molecule has 0 saturated heterocycles. The van der Waals surface area contributed by atoms with Crippen molar-refractivity contribution in [2.75, 3.05) is 0 Å². The van der Waals surface area contributed by atoms with Crippen molar-refractivity contribution in [2.24, 2.45) is 0 Å². The second kappa shape index (κ2) is 12.6. The van der Waals surface area contributed by atoms with E-state index < -0.39 is 5.97 Å². The highest BCUT2D eigenvalue weighted by Crippen LogP contribution is 2.27. The zero-order valence-electron chi connectivity index (χ0n) is 13.8. The molecule has 1 rings (SSSR count). The van der Waals surface area contributed by atoms with Gasteiger partial charge in [-0.3, -0.25) is 4.79 Å². The van der Waals surface area contributed by atoms with Gasteiger partial charge in [0.1, 0.15) is 5.25 Å². The van der Waals surface area contributed by atoms with Crippen LogP contribution in [0.5, 0.6) is 0 Å². The third-order valence-electron chi connectivity index (χ3n) is 3.87. The Balaban J connectivity index is 2.11. The van der Waals surface area contributed by atoms with Crippen LogP contribution < -0.4 is 0 Å². The SMILES string of the molecule is CCCCCCCCCCCC(Sc1ccccc1)C(=O)O. The third kappa shape index (κ3) is 9.14. The van der Waals surface area contributed by atoms with E-state index in [1.54, 1.807) is 0 Å². The van der Waals surface area contributed by atoms with Gasteiger partial charge in [0.2, 0.25) is 0 Å². The van der Waals surface area contributed by atoms with Gasteiger partial charge in [0.25, 0.3) is 0 Å². The molecule has 0 saturated carbocycles. The first-order valence-corrected chi connectivity index (χ1v) is 9.56. The summed E-state index contributed by atoms with van der Waals surface area (Å²) in [6.07, 6.45) is 12.2. The highest BCUT2D eigenvalue weighted by Gasteiger charge is 2.18. The standard InChI is InChI=1S/C19H30O2S/c1-2-3-4-5-6-7-8-9-13-16-18(19(20)21)22-17-14-11-10-12-15-17/h10-12,14-15,18H,2-9,13,16H2,1H3,(H,20,21). The Hall–Kier alpha value is -0.960. The van der Waals surface area contributed by atoms with Crippen LogP contribution in [0.2, 0.25) is 0 Å². The topological polar surface area (TPSA) is 37.3 Å². The van der Waals surface area contributed by atoms with E-state index in [1.165, 1.54) is 56.7 Å². The van der Waals surface area contributed by atoms with Gasteiger partial charge in [-0.25, -0.2) is 0 Å². The van der Waals surface area contributed by atoms with Gasteiger partial charge in [-0.2, -0.15) is 0 Å². The van der Waals surface area contributed by atoms with Crippen LogP contribution in [0.4, 0.5) is 0 Å². The number of hydrogen-bond donors (Lipinski definition) is 1. The molecule has 22 heavy (non-hydrogen) atoms. The number of hydrogen-bond acceptors (Lipinski definition) is 2. The van der Waals surface area contributed by atoms with Crippen molar-refractivity contribution in [3.63, 3.8) is 0 Å². The van der Waals surface area contributed by atoms with Gasteiger partial charge < -0.3 is 5.11 Å². The van der Waals surface area contributed by atoms with Gasteiger partial charge in [0, 0.05) is 4.90 Å². The van der Waals surface area contributed by atoms with Crippen LogP contribution in [0.1, 0.15) is 71.1 Å². The quantitative estimate of drug-likeness (QED) is 0.349. The number of carbonyl (C=O) groups is 1. The molecule has 0 radical (unpaired) electrons. The minimum atomic E-state index is -0.687. The van der Waals surface area contributed by atoms with Gasteiger partial charge in [0.05, 0.1) is 0 Å². The van der Waals surface area contributed by atoms with Crippen LogP contribution in [0, 0.1) is 0 Å². The predicted molar refractivity (Wildman–Crippen MR) is 95.6 cm³/mol. The maximum absolute atomic E-state index is 11.3. The molecule has 1 aromatic rings. The highest BCUT2D eigenvalue weighted by atomic mass is 32.2. The Bertz CT molecular complexity index is 392. The van der Waals surface area contributed by atoms with E-state index in [2.05, 4.69) is 6.92 Å². The summed E-state index contributed by atoms with van der Waals surface area (Å²) in [5, 5.41) is 9.02. The predicted octanol–water partition coefficient (Wildman–Crippen LogP) is 6.15. The molecule has 0 amide bonds. The smallest absolute Gasteiger partial charge is 0.316 e. The van der Waals surface area contributed by atoms with Crippen molar-refractivity contribution in [3.8, 4) is 0 Å². The first-order chi connectivity index (χ1) is 10.7. The molecule has 0 bridgehead atoms. The van der Waals surface area contributed by atoms with E-state index in [-0.39, 0.29) is 5.25 Å². The fraction of sp³-hybridized carbons (Fsp3) is 0.632. The van der Waals surface area contributed by atoms with Crippen LogP contribution in [0.3, 0.4) is 0 Å². The van der Waals surface area contributed by atoms with E-state index in [1.807, 2.05) is 30.3 Å². The monoisotopic (exact) mass is 322 g/mol. The number of thioether (sulfide) groups is 1. The van der Waals surface area contributed by atoms with Gasteiger partial charge in [0.15, 0.2) is 0 Å². The Morgan fingerprint density at radius 2 is 1.50 bits per heavy atom. The van der Waals surface area contributed by atoms with E-state index in [0.717, 1.165) is 24.2 Å². The zero-order chi connectivity index (χ0) is 16.0. The summed E-state index contributed by atoms with van der Waals surface area (Å²) < 4.78 is 0. The Labute approximate surface area is 139 Å². The second-order valence-corrected chi connectivity index (χ2v) is 7.15. The highest BCUT2D eigenvalue weighted by molar-refractivity contribution is 8.00. The molecular weight excluding hydrogens is 292 g/mol. The second-order valence-electron chi connectivity index (χ2n) is 5.87. The molecule has 1 aromatic carbocycles. The summed E-state index contributed by atoms with van der Waals surface area (Å²) in [7, 11) is 0. The number of aliphatic carboxylic acids is 1. The molecule has 1 unspecified atom stereocenters. The Kier molecular flexibility index (Phi) is 10.9. The summed E-state index contributed by atoms with van der Waals surface area (Å²) in [4.78, 5) is 12.4. The molecule has 0 spiro atoms. The van der Waals surface area contributed by atoms with Gasteiger partial charge in [-0.15, -0.1) is 11.8 Å². The van der Waals surface area contributed by atoms with Crippen molar-refractivity contribution in [3.05, 3.63) is 30.3 Å². The van der Waals surface area contributed by atoms with Gasteiger partial charge >= 0.3 is 5.97 Å². The molecule has 2 nitrogen and oxygen atoms in total. The number of rotatable bonds is 13. The minimum absolute atomic E-state index is 0.313. The third-order valence-corrected chi connectivity index (χ3v) is 5.13. The van der Waals surface area contributed by atoms with Crippen LogP contribution >= 0.6 is 11.8 Å². The van der Waals surface area contributed by atoms with Crippen molar-refractivity contribution in [2.45, 2.75) is 81.3 Å². The lowest BCUT2D eigenvalue weighted by atomic mass is 10.1. The average Bonchev–Trinajstić information content (AvgIpc) is 2.53. The number of benzene rings is 1. The summed E-state index contributed by atoms with van der Waals surface area (Å²) in [6, 6.07) is 9.84. The minimum Gasteiger partial charge on any atom is -0.480 e. The molecule has 0 aliphatic heterocycles. The summed E-state index contributed by atoms with van der Waals surface area (Å²) in [6.45, 7) is 2.24. The maximum Gasteiger partial charge on any atom is 0.316 e. The molecule has 3 heteroatoms. The zero-order valence-corrected chi connectivity index (χ0v) is 14.6. The van der Waals surface area contributed by atoms with Crippen LogP contribution in [0.25, 0.3) is 0 Å². The lowest BCUT2D eigenvalue weighted by Crippen LogP contribution is -2.16. The van der Waals surface area contributed by atoms with E-state index in [4.69, 9.17) is 0 Å². The average molecular weight is 323 g/mol. The van der Waals surface area contributed by atoms with Gasteiger partial charge in [-0.05, 0) is 18.6 Å². The molecular formula is C19H30O2S. The number of carboxylic acids is 1. The molecule has 0 aromatic heterocycles. The van der Waals surface area contributed by atoms with E-state index >= 15 is 0 Å². The maximum atomic E-state index is 11.3. The first-order valence-electron chi connectivity index (χ1n) is 8.68. The van der Waals surface area contributed by atoms with Crippen molar-refractivity contribution >= 4 is 17.7 Å². The van der Waals surface area contributed by atoms with Crippen molar-refractivity contribution in [1.82, 2.24) is 0 Å². The molecule has 0 aliphatic rings. The number of carboxylic acid groups (broad SMARTS) is 1. The van der Waals surface area contributed by atoms with Crippen LogP contribution in [0.15, 0.2) is 35.2 Å². The largest absolute Gasteiger partial charge is 0.480 e. The molecule has 0 aliphatic carbocycles. The van der Waals surface area contributed by atoms with E-state index in [9.17, 15) is 9.90 Å². The summed E-state index contributed by atoms with van der Waals surface area (Å²) in [5.74, 6) is -0.687. The Morgan fingerprint density at radius 3 is 2.05 bits per heavy atom. The molecule has 124 valence electrons. The molecule has 1 N–H and O–H groups in total. The van der Waals surface area contributed by atoms with Crippen LogP contribution in [-0.2, 0) is 4.79 Å². The van der Waals surface area contributed by atoms with E-state index in [0.29, 0.717) is 0 Å². The number of unbranched alkanes of at least 4 members (excludes halogenated alkanes) is 8. The van der Waals surface area contributed by atoms with Gasteiger partial charge in [-0.1, -0.05) is 82.9 Å². The fourth-order valence-electron chi connectivity index (χ4n) is 2.54. The Morgan fingerprint density at radius 1 is 0.955 bits per heavy atom. The summed E-state index contributed by atoms with van der Waals surface area (Å²) >= 11 is 1.47. The molecule has 0 fully saturated rings. The lowest BCUT2D eigenvalue weighted by Gasteiger charge is -2.11. The molecule has 0 heterocycles. The lowest BCUT2D eigenvalue weighted by molar-refractivity contribution is -0.136. The van der Waals surface area contributed by atoms with Crippen molar-refractivity contribution < 1.29 is 9.90 Å². The normalized spacial score (nSPS) is 12.2.